The largest absolute Gasteiger partial charge is 0.481 e. The Kier molecular flexibility index (Phi) is 5.62. The van der Waals surface area contributed by atoms with Gasteiger partial charge in [-0.3, -0.25) is 4.79 Å². The lowest BCUT2D eigenvalue weighted by atomic mass is 10.1. The minimum Gasteiger partial charge on any atom is -0.481 e. The summed E-state index contributed by atoms with van der Waals surface area (Å²) in [7, 11) is 1.94. The van der Waals surface area contributed by atoms with Gasteiger partial charge in [0.1, 0.15) is 5.75 Å². The fraction of sp³-hybridized carbons (Fsp3) is 0.588. The van der Waals surface area contributed by atoms with Gasteiger partial charge in [-0.05, 0) is 51.4 Å². The van der Waals surface area contributed by atoms with Crippen LogP contribution in [0.2, 0.25) is 0 Å². The molecule has 1 aromatic carbocycles. The van der Waals surface area contributed by atoms with Gasteiger partial charge in [-0.2, -0.15) is 0 Å². The SMILES string of the molecule is CNC(C)c1ccc(OC(C)C(=O)NC2CCCC2)cc1. The Hall–Kier alpha value is -1.55. The fourth-order valence-corrected chi connectivity index (χ4v) is 2.65. The van der Waals surface area contributed by atoms with Crippen molar-refractivity contribution in [2.45, 2.75) is 57.7 Å². The van der Waals surface area contributed by atoms with Crippen molar-refractivity contribution in [1.82, 2.24) is 10.6 Å². The number of carbonyl (C=O) groups is 1. The molecule has 2 atom stereocenters. The number of amides is 1. The van der Waals surface area contributed by atoms with Crippen LogP contribution in [0.1, 0.15) is 51.1 Å². The molecule has 0 aliphatic heterocycles. The lowest BCUT2D eigenvalue weighted by Crippen LogP contribution is -2.41. The van der Waals surface area contributed by atoms with Crippen LogP contribution in [-0.4, -0.2) is 25.1 Å². The van der Waals surface area contributed by atoms with Gasteiger partial charge in [0.15, 0.2) is 6.10 Å². The van der Waals surface area contributed by atoms with Gasteiger partial charge in [0.2, 0.25) is 0 Å². The Morgan fingerprint density at radius 2 is 1.81 bits per heavy atom. The third-order valence-electron chi connectivity index (χ3n) is 4.20. The Labute approximate surface area is 127 Å². The van der Waals surface area contributed by atoms with Crippen molar-refractivity contribution in [2.24, 2.45) is 0 Å². The van der Waals surface area contributed by atoms with Crippen LogP contribution in [0.3, 0.4) is 0 Å². The predicted octanol–water partition coefficient (Wildman–Crippen LogP) is 2.79. The Morgan fingerprint density at radius 3 is 2.38 bits per heavy atom. The smallest absolute Gasteiger partial charge is 0.260 e. The third-order valence-corrected chi connectivity index (χ3v) is 4.20. The summed E-state index contributed by atoms with van der Waals surface area (Å²) in [6, 6.07) is 8.53. The van der Waals surface area contributed by atoms with Crippen molar-refractivity contribution in [1.29, 1.82) is 0 Å². The summed E-state index contributed by atoms with van der Waals surface area (Å²) in [6.45, 7) is 3.90. The maximum atomic E-state index is 12.1. The van der Waals surface area contributed by atoms with Gasteiger partial charge in [0, 0.05) is 12.1 Å². The normalized spacial score (nSPS) is 18.2. The molecular formula is C17H26N2O2. The molecule has 4 nitrogen and oxygen atoms in total. The summed E-state index contributed by atoms with van der Waals surface area (Å²) in [6.07, 6.45) is 4.15. The first-order valence-electron chi connectivity index (χ1n) is 7.84. The molecule has 0 spiro atoms. The van der Waals surface area contributed by atoms with Gasteiger partial charge in [-0.15, -0.1) is 0 Å². The molecule has 2 N–H and O–H groups in total. The number of carbonyl (C=O) groups excluding carboxylic acids is 1. The average molecular weight is 290 g/mol. The summed E-state index contributed by atoms with van der Waals surface area (Å²) in [5.41, 5.74) is 1.20. The molecule has 1 amide bonds. The number of benzene rings is 1. The molecule has 0 radical (unpaired) electrons. The zero-order chi connectivity index (χ0) is 15.2. The summed E-state index contributed by atoms with van der Waals surface area (Å²) < 4.78 is 5.72. The molecule has 0 bridgehead atoms. The molecule has 2 unspecified atom stereocenters. The summed E-state index contributed by atoms with van der Waals surface area (Å²) in [5.74, 6) is 0.714. The van der Waals surface area contributed by atoms with E-state index in [1.54, 1.807) is 6.92 Å². The van der Waals surface area contributed by atoms with Crippen molar-refractivity contribution in [3.63, 3.8) is 0 Å². The maximum absolute atomic E-state index is 12.1. The molecule has 0 heterocycles. The van der Waals surface area contributed by atoms with Gasteiger partial charge in [-0.25, -0.2) is 0 Å². The molecule has 1 aliphatic rings. The topological polar surface area (TPSA) is 50.4 Å². The zero-order valence-electron chi connectivity index (χ0n) is 13.2. The zero-order valence-corrected chi connectivity index (χ0v) is 13.2. The van der Waals surface area contributed by atoms with E-state index in [1.807, 2.05) is 31.3 Å². The quantitative estimate of drug-likeness (QED) is 0.847. The summed E-state index contributed by atoms with van der Waals surface area (Å²) >= 11 is 0. The molecule has 21 heavy (non-hydrogen) atoms. The predicted molar refractivity (Wildman–Crippen MR) is 84.4 cm³/mol. The van der Waals surface area contributed by atoms with Crippen molar-refractivity contribution in [3.05, 3.63) is 29.8 Å². The van der Waals surface area contributed by atoms with Gasteiger partial charge in [0.25, 0.3) is 5.91 Å². The van der Waals surface area contributed by atoms with E-state index < -0.39 is 6.10 Å². The van der Waals surface area contributed by atoms with Crippen LogP contribution in [0, 0.1) is 0 Å². The van der Waals surface area contributed by atoms with Crippen LogP contribution in [0.4, 0.5) is 0 Å². The van der Waals surface area contributed by atoms with Crippen LogP contribution in [0.15, 0.2) is 24.3 Å². The van der Waals surface area contributed by atoms with Crippen molar-refractivity contribution in [2.75, 3.05) is 7.05 Å². The first kappa shape index (κ1) is 15.8. The Bertz CT molecular complexity index is 452. The maximum Gasteiger partial charge on any atom is 0.260 e. The molecule has 1 fully saturated rings. The van der Waals surface area contributed by atoms with E-state index in [0.717, 1.165) is 18.6 Å². The highest BCUT2D eigenvalue weighted by Gasteiger charge is 2.21. The highest BCUT2D eigenvalue weighted by molar-refractivity contribution is 5.81. The van der Waals surface area contributed by atoms with Crippen LogP contribution >= 0.6 is 0 Å². The second-order valence-electron chi connectivity index (χ2n) is 5.83. The second-order valence-corrected chi connectivity index (χ2v) is 5.83. The summed E-state index contributed by atoms with van der Waals surface area (Å²) in [5, 5.41) is 6.26. The second kappa shape index (κ2) is 7.46. The van der Waals surface area contributed by atoms with E-state index in [0.29, 0.717) is 12.1 Å². The van der Waals surface area contributed by atoms with Gasteiger partial charge in [0.05, 0.1) is 0 Å². The number of hydrogen-bond donors (Lipinski definition) is 2. The number of hydrogen-bond acceptors (Lipinski definition) is 3. The molecular weight excluding hydrogens is 264 g/mol. The molecule has 1 aromatic rings. The average Bonchev–Trinajstić information content (AvgIpc) is 3.00. The molecule has 1 aliphatic carbocycles. The minimum atomic E-state index is -0.460. The van der Waals surface area contributed by atoms with Gasteiger partial charge < -0.3 is 15.4 Å². The lowest BCUT2D eigenvalue weighted by molar-refractivity contribution is -0.127. The molecule has 1 saturated carbocycles. The van der Waals surface area contributed by atoms with Gasteiger partial charge in [-0.1, -0.05) is 25.0 Å². The Balaban J connectivity index is 1.86. The standard InChI is InChI=1S/C17H26N2O2/c1-12(18-3)14-8-10-16(11-9-14)21-13(2)17(20)19-15-6-4-5-7-15/h8-13,15,18H,4-7H2,1-3H3,(H,19,20). The van der Waals surface area contributed by atoms with Crippen LogP contribution in [0.25, 0.3) is 0 Å². The first-order valence-corrected chi connectivity index (χ1v) is 7.84. The molecule has 0 aromatic heterocycles. The van der Waals surface area contributed by atoms with E-state index in [4.69, 9.17) is 4.74 Å². The fourth-order valence-electron chi connectivity index (χ4n) is 2.65. The highest BCUT2D eigenvalue weighted by Crippen LogP contribution is 2.20. The van der Waals surface area contributed by atoms with E-state index >= 15 is 0 Å². The van der Waals surface area contributed by atoms with E-state index in [-0.39, 0.29) is 5.91 Å². The van der Waals surface area contributed by atoms with Crippen molar-refractivity contribution < 1.29 is 9.53 Å². The number of nitrogens with one attached hydrogen (secondary N) is 2. The monoisotopic (exact) mass is 290 g/mol. The minimum absolute atomic E-state index is 0.0189. The first-order chi connectivity index (χ1) is 10.1. The van der Waals surface area contributed by atoms with E-state index in [2.05, 4.69) is 17.6 Å². The van der Waals surface area contributed by atoms with E-state index in [9.17, 15) is 4.79 Å². The van der Waals surface area contributed by atoms with Crippen molar-refractivity contribution >= 4 is 5.91 Å². The molecule has 2 rings (SSSR count). The highest BCUT2D eigenvalue weighted by atomic mass is 16.5. The van der Waals surface area contributed by atoms with Gasteiger partial charge >= 0.3 is 0 Å². The van der Waals surface area contributed by atoms with Crippen LogP contribution in [-0.2, 0) is 4.79 Å². The number of rotatable bonds is 6. The van der Waals surface area contributed by atoms with Crippen LogP contribution in [0.5, 0.6) is 5.75 Å². The third kappa shape index (κ3) is 4.46. The molecule has 4 heteroatoms. The number of ether oxygens (including phenoxy) is 1. The van der Waals surface area contributed by atoms with Crippen LogP contribution < -0.4 is 15.4 Å². The lowest BCUT2D eigenvalue weighted by Gasteiger charge is -2.18. The summed E-state index contributed by atoms with van der Waals surface area (Å²) in [4.78, 5) is 12.1. The molecule has 116 valence electrons. The van der Waals surface area contributed by atoms with E-state index in [1.165, 1.54) is 18.4 Å². The van der Waals surface area contributed by atoms with Crippen molar-refractivity contribution in [3.8, 4) is 5.75 Å². The molecule has 0 saturated heterocycles. The Morgan fingerprint density at radius 1 is 1.19 bits per heavy atom.